The van der Waals surface area contributed by atoms with Crippen molar-refractivity contribution in [1.82, 2.24) is 19.7 Å². The second kappa shape index (κ2) is 9.65. The van der Waals surface area contributed by atoms with Crippen molar-refractivity contribution < 1.29 is 9.53 Å². The molecule has 0 fully saturated rings. The number of ether oxygens (including phenoxy) is 1. The minimum absolute atomic E-state index is 0.0178. The predicted molar refractivity (Wildman–Crippen MR) is 113 cm³/mol. The fourth-order valence-electron chi connectivity index (χ4n) is 3.08. The van der Waals surface area contributed by atoms with E-state index in [2.05, 4.69) is 26.5 Å². The van der Waals surface area contributed by atoms with Gasteiger partial charge in [-0.3, -0.25) is 9.48 Å². The number of methoxy groups -OCH3 is 1. The van der Waals surface area contributed by atoms with Crippen molar-refractivity contribution in [3.8, 4) is 11.8 Å². The summed E-state index contributed by atoms with van der Waals surface area (Å²) in [6, 6.07) is 5.62. The highest BCUT2D eigenvalue weighted by Crippen LogP contribution is 2.26. The van der Waals surface area contributed by atoms with Gasteiger partial charge in [0.05, 0.1) is 24.6 Å². The summed E-state index contributed by atoms with van der Waals surface area (Å²) in [5.41, 5.74) is 3.56. The molecule has 0 aliphatic carbocycles. The Kier molecular flexibility index (Phi) is 6.75. The predicted octanol–water partition coefficient (Wildman–Crippen LogP) is 3.69. The maximum Gasteiger partial charge on any atom is 0.227 e. The first-order valence-corrected chi connectivity index (χ1v) is 9.82. The minimum atomic E-state index is 0.0178. The second-order valence-electron chi connectivity index (χ2n) is 6.73. The molecule has 1 aromatic carbocycles. The van der Waals surface area contributed by atoms with Gasteiger partial charge in [0.2, 0.25) is 5.95 Å². The van der Waals surface area contributed by atoms with Crippen molar-refractivity contribution in [2.24, 2.45) is 0 Å². The fourth-order valence-corrected chi connectivity index (χ4v) is 3.08. The molecule has 0 radical (unpaired) electrons. The van der Waals surface area contributed by atoms with Crippen molar-refractivity contribution in [3.05, 3.63) is 59.2 Å². The van der Waals surface area contributed by atoms with E-state index in [0.29, 0.717) is 42.1 Å². The highest BCUT2D eigenvalue weighted by atomic mass is 16.5. The van der Waals surface area contributed by atoms with Crippen LogP contribution in [0.4, 0.5) is 11.6 Å². The van der Waals surface area contributed by atoms with Crippen LogP contribution in [0.15, 0.2) is 36.9 Å². The van der Waals surface area contributed by atoms with Crippen LogP contribution in [0.2, 0.25) is 0 Å². The summed E-state index contributed by atoms with van der Waals surface area (Å²) in [6.07, 6.45) is 8.72. The second-order valence-corrected chi connectivity index (χ2v) is 6.73. The van der Waals surface area contributed by atoms with Crippen molar-refractivity contribution in [2.75, 3.05) is 12.4 Å². The third-order valence-corrected chi connectivity index (χ3v) is 4.76. The molecule has 2 aromatic heterocycles. The zero-order chi connectivity index (χ0) is 21.5. The molecule has 154 valence electrons. The average Bonchev–Trinajstić information content (AvgIpc) is 3.24. The van der Waals surface area contributed by atoms with Crippen LogP contribution in [0, 0.1) is 11.3 Å². The quantitative estimate of drug-likeness (QED) is 0.542. The van der Waals surface area contributed by atoms with Gasteiger partial charge in [0.25, 0.3) is 0 Å². The summed E-state index contributed by atoms with van der Waals surface area (Å²) in [4.78, 5) is 20.9. The first-order chi connectivity index (χ1) is 14.6. The molecule has 0 saturated carbocycles. The van der Waals surface area contributed by atoms with Crippen LogP contribution in [0.3, 0.4) is 0 Å². The van der Waals surface area contributed by atoms with Crippen LogP contribution >= 0.6 is 0 Å². The van der Waals surface area contributed by atoms with Gasteiger partial charge in [0.15, 0.2) is 5.78 Å². The number of Topliss-reactive ketones (excluding diaryl/α,β-unsaturated/α-hetero) is 1. The van der Waals surface area contributed by atoms with Crippen LogP contribution in [0.5, 0.6) is 5.75 Å². The first kappa shape index (κ1) is 21.0. The molecule has 0 aliphatic rings. The lowest BCUT2D eigenvalue weighted by molar-refractivity contribution is 0.0987. The monoisotopic (exact) mass is 404 g/mol. The Morgan fingerprint density at radius 2 is 1.97 bits per heavy atom. The number of ketones is 1. The lowest BCUT2D eigenvalue weighted by Crippen LogP contribution is -2.04. The van der Waals surface area contributed by atoms with Crippen LogP contribution in [0.25, 0.3) is 0 Å². The van der Waals surface area contributed by atoms with Crippen LogP contribution in [-0.2, 0) is 19.4 Å². The Hall–Kier alpha value is -3.73. The van der Waals surface area contributed by atoms with Gasteiger partial charge in [-0.15, -0.1) is 0 Å². The number of nitriles is 1. The van der Waals surface area contributed by atoms with Gasteiger partial charge in [-0.25, -0.2) is 9.97 Å². The summed E-state index contributed by atoms with van der Waals surface area (Å²) in [5, 5.41) is 16.9. The summed E-state index contributed by atoms with van der Waals surface area (Å²) in [7, 11) is 1.50. The first-order valence-electron chi connectivity index (χ1n) is 9.82. The zero-order valence-corrected chi connectivity index (χ0v) is 17.3. The lowest BCUT2D eigenvalue weighted by Gasteiger charge is -2.11. The molecule has 2 heterocycles. The number of hydrogen-bond donors (Lipinski definition) is 1. The Morgan fingerprint density at radius 1 is 1.20 bits per heavy atom. The molecule has 0 amide bonds. The number of aryl methyl sites for hydroxylation is 3. The number of carbonyl (C=O) groups is 1. The summed E-state index contributed by atoms with van der Waals surface area (Å²) >= 11 is 0. The van der Waals surface area contributed by atoms with E-state index in [1.54, 1.807) is 30.7 Å². The van der Waals surface area contributed by atoms with Crippen LogP contribution in [-0.4, -0.2) is 32.6 Å². The third-order valence-electron chi connectivity index (χ3n) is 4.76. The molecule has 0 saturated heterocycles. The van der Waals surface area contributed by atoms with E-state index in [4.69, 9.17) is 4.74 Å². The maximum atomic E-state index is 12.1. The van der Waals surface area contributed by atoms with Crippen molar-refractivity contribution in [1.29, 1.82) is 5.26 Å². The molecule has 0 aliphatic heterocycles. The SMILES string of the molecule is CCC(=O)c1cc(CCc2cnc(Nc3cnn(CC)c3)nc2)c(C#N)c(OC)c1. The molecule has 3 aromatic rings. The standard InChI is InChI=1S/C22H24N6O2/c1-4-20(29)17-8-16(19(10-23)21(9-17)30-3)7-6-15-11-24-22(25-12-15)27-18-13-26-28(5-2)14-18/h8-9,11-14H,4-7H2,1-3H3,(H,24,25,27). The summed E-state index contributed by atoms with van der Waals surface area (Å²) < 4.78 is 7.15. The Morgan fingerprint density at radius 3 is 2.57 bits per heavy atom. The van der Waals surface area contributed by atoms with E-state index >= 15 is 0 Å². The van der Waals surface area contributed by atoms with Crippen LogP contribution < -0.4 is 10.1 Å². The highest BCUT2D eigenvalue weighted by molar-refractivity contribution is 5.96. The molecule has 1 N–H and O–H groups in total. The van der Waals surface area contributed by atoms with E-state index < -0.39 is 0 Å². The smallest absolute Gasteiger partial charge is 0.227 e. The average molecular weight is 404 g/mol. The van der Waals surface area contributed by atoms with Gasteiger partial charge in [-0.2, -0.15) is 10.4 Å². The number of rotatable bonds is 9. The van der Waals surface area contributed by atoms with E-state index in [0.717, 1.165) is 23.4 Å². The van der Waals surface area contributed by atoms with Gasteiger partial charge in [0.1, 0.15) is 11.8 Å². The van der Waals surface area contributed by atoms with E-state index in [-0.39, 0.29) is 5.78 Å². The van der Waals surface area contributed by atoms with Crippen LogP contribution in [0.1, 0.15) is 47.3 Å². The van der Waals surface area contributed by atoms with E-state index in [1.165, 1.54) is 7.11 Å². The summed E-state index contributed by atoms with van der Waals surface area (Å²) in [5.74, 6) is 0.934. The number of nitrogens with one attached hydrogen (secondary N) is 1. The van der Waals surface area contributed by atoms with Gasteiger partial charge in [-0.1, -0.05) is 6.92 Å². The van der Waals surface area contributed by atoms with Crippen molar-refractivity contribution in [2.45, 2.75) is 39.7 Å². The molecular formula is C22H24N6O2. The fraction of sp³-hybridized carbons (Fsp3) is 0.318. The van der Waals surface area contributed by atoms with Crippen molar-refractivity contribution >= 4 is 17.4 Å². The molecular weight excluding hydrogens is 380 g/mol. The van der Waals surface area contributed by atoms with E-state index in [1.807, 2.05) is 24.7 Å². The van der Waals surface area contributed by atoms with Gasteiger partial charge < -0.3 is 10.1 Å². The van der Waals surface area contributed by atoms with Gasteiger partial charge in [-0.05, 0) is 43.0 Å². The Balaban J connectivity index is 1.73. The lowest BCUT2D eigenvalue weighted by atomic mass is 9.96. The molecule has 3 rings (SSSR count). The largest absolute Gasteiger partial charge is 0.495 e. The van der Waals surface area contributed by atoms with Crippen molar-refractivity contribution in [3.63, 3.8) is 0 Å². The molecule has 0 spiro atoms. The van der Waals surface area contributed by atoms with E-state index in [9.17, 15) is 10.1 Å². The summed E-state index contributed by atoms with van der Waals surface area (Å²) in [6.45, 7) is 4.62. The molecule has 0 atom stereocenters. The topological polar surface area (TPSA) is 106 Å². The number of anilines is 2. The number of aromatic nitrogens is 4. The number of hydrogen-bond acceptors (Lipinski definition) is 7. The minimum Gasteiger partial charge on any atom is -0.495 e. The number of benzene rings is 1. The molecule has 8 nitrogen and oxygen atoms in total. The maximum absolute atomic E-state index is 12.1. The Labute approximate surface area is 175 Å². The van der Waals surface area contributed by atoms with Gasteiger partial charge in [0, 0.05) is 37.1 Å². The molecule has 0 unspecified atom stereocenters. The zero-order valence-electron chi connectivity index (χ0n) is 17.3. The third kappa shape index (κ3) is 4.81. The number of carbonyl (C=O) groups excluding carboxylic acids is 1. The number of nitrogens with zero attached hydrogens (tertiary/aromatic N) is 5. The molecule has 8 heteroatoms. The van der Waals surface area contributed by atoms with Gasteiger partial charge >= 0.3 is 0 Å². The normalized spacial score (nSPS) is 10.5. The molecule has 0 bridgehead atoms. The highest BCUT2D eigenvalue weighted by Gasteiger charge is 2.15. The Bertz CT molecular complexity index is 1070. The molecule has 30 heavy (non-hydrogen) atoms.